The van der Waals surface area contributed by atoms with Crippen LogP contribution < -0.4 is 0 Å². The first-order valence-electron chi connectivity index (χ1n) is 4.38. The smallest absolute Gasteiger partial charge is 0.313 e. The van der Waals surface area contributed by atoms with E-state index in [1.54, 1.807) is 0 Å². The fourth-order valence-electron chi connectivity index (χ4n) is 2.08. The first-order valence-corrected chi connectivity index (χ1v) is 4.38. The summed E-state index contributed by atoms with van der Waals surface area (Å²) in [6.45, 7) is 5.84. The van der Waals surface area contributed by atoms with Crippen LogP contribution >= 0.6 is 0 Å². The van der Waals surface area contributed by atoms with Crippen molar-refractivity contribution in [1.82, 2.24) is 0 Å². The third kappa shape index (κ3) is 1.26. The van der Waals surface area contributed by atoms with Gasteiger partial charge in [0.25, 0.3) is 0 Å². The van der Waals surface area contributed by atoms with E-state index in [1.807, 2.05) is 20.8 Å². The van der Waals surface area contributed by atoms with E-state index in [9.17, 15) is 4.79 Å². The number of hydrogen-bond donors (Lipinski definition) is 1. The van der Waals surface area contributed by atoms with Gasteiger partial charge in [-0.05, 0) is 40.0 Å². The molecule has 0 aliphatic heterocycles. The minimum atomic E-state index is -0.670. The molecule has 0 bridgehead atoms. The highest BCUT2D eigenvalue weighted by Crippen LogP contribution is 2.44. The predicted octanol–water partition coefficient (Wildman–Crippen LogP) is 2.60. The van der Waals surface area contributed by atoms with Crippen LogP contribution in [-0.4, -0.2) is 11.1 Å². The molecule has 0 spiro atoms. The van der Waals surface area contributed by atoms with Crippen molar-refractivity contribution in [2.75, 3.05) is 0 Å². The summed E-state index contributed by atoms with van der Waals surface area (Å²) in [7, 11) is 0. The molecule has 0 aromatic carbocycles. The molecule has 0 heterocycles. The summed E-state index contributed by atoms with van der Waals surface area (Å²) in [5.74, 6) is -0.670. The van der Waals surface area contributed by atoms with Gasteiger partial charge in [0, 0.05) is 0 Å². The largest absolute Gasteiger partial charge is 0.481 e. The van der Waals surface area contributed by atoms with E-state index in [2.05, 4.69) is 0 Å². The Labute approximate surface area is 73.3 Å². The summed E-state index contributed by atoms with van der Waals surface area (Å²) in [4.78, 5) is 11.0. The van der Waals surface area contributed by atoms with Gasteiger partial charge in [-0.2, -0.15) is 0 Å². The van der Waals surface area contributed by atoms with Crippen LogP contribution in [0.1, 0.15) is 40.0 Å². The maximum atomic E-state index is 11.0. The second kappa shape index (κ2) is 2.92. The van der Waals surface area contributed by atoms with E-state index in [-0.39, 0.29) is 0 Å². The molecule has 0 aromatic heterocycles. The number of carboxylic acids is 1. The zero-order valence-electron chi connectivity index (χ0n) is 7.98. The highest BCUT2D eigenvalue weighted by molar-refractivity contribution is 5.79. The van der Waals surface area contributed by atoms with E-state index in [0.717, 1.165) is 24.8 Å². The highest BCUT2D eigenvalue weighted by atomic mass is 16.4. The molecule has 2 nitrogen and oxygen atoms in total. The molecule has 0 aromatic rings. The molecule has 1 unspecified atom stereocenters. The molecular formula is C10H16O2. The Bertz CT molecular complexity index is 236. The molecule has 0 radical (unpaired) electrons. The molecule has 0 amide bonds. The average Bonchev–Trinajstić information content (AvgIpc) is 2.32. The summed E-state index contributed by atoms with van der Waals surface area (Å²) in [5, 5.41) is 9.06. The van der Waals surface area contributed by atoms with Gasteiger partial charge < -0.3 is 5.11 Å². The molecular weight excluding hydrogens is 152 g/mol. The minimum Gasteiger partial charge on any atom is -0.481 e. The van der Waals surface area contributed by atoms with Crippen LogP contribution in [-0.2, 0) is 4.79 Å². The summed E-state index contributed by atoms with van der Waals surface area (Å²) in [6, 6.07) is 0. The normalized spacial score (nSPS) is 29.1. The molecule has 1 aliphatic rings. The fourth-order valence-corrected chi connectivity index (χ4v) is 2.08. The molecule has 1 saturated carbocycles. The van der Waals surface area contributed by atoms with Gasteiger partial charge in [0.1, 0.15) is 0 Å². The Kier molecular flexibility index (Phi) is 2.27. The van der Waals surface area contributed by atoms with E-state index in [4.69, 9.17) is 5.11 Å². The fraction of sp³-hybridized carbons (Fsp3) is 0.700. The van der Waals surface area contributed by atoms with Crippen molar-refractivity contribution in [3.63, 3.8) is 0 Å². The summed E-state index contributed by atoms with van der Waals surface area (Å²) in [6.07, 6.45) is 2.78. The molecule has 1 rings (SSSR count). The molecule has 1 fully saturated rings. The number of carbonyl (C=O) groups is 1. The average molecular weight is 168 g/mol. The third-order valence-corrected chi connectivity index (χ3v) is 2.85. The molecule has 1 atom stereocenters. The van der Waals surface area contributed by atoms with Crippen molar-refractivity contribution in [3.05, 3.63) is 11.1 Å². The van der Waals surface area contributed by atoms with Gasteiger partial charge in [0.15, 0.2) is 0 Å². The first-order chi connectivity index (χ1) is 5.48. The minimum absolute atomic E-state index is 0.571. The Morgan fingerprint density at radius 2 is 2.08 bits per heavy atom. The molecule has 2 heteroatoms. The summed E-state index contributed by atoms with van der Waals surface area (Å²) in [5.41, 5.74) is 1.74. The van der Waals surface area contributed by atoms with Crippen LogP contribution in [0.4, 0.5) is 0 Å². The number of rotatable bonds is 1. The van der Waals surface area contributed by atoms with Crippen molar-refractivity contribution >= 4 is 5.97 Å². The number of allylic oxidation sites excluding steroid dienone is 1. The number of aliphatic carboxylic acids is 1. The SMILES string of the molecule is CC(C)=C1CCCC1(C)C(=O)O. The molecule has 0 saturated heterocycles. The monoisotopic (exact) mass is 168 g/mol. The second-order valence-electron chi connectivity index (χ2n) is 3.97. The van der Waals surface area contributed by atoms with Gasteiger partial charge in [-0.25, -0.2) is 0 Å². The van der Waals surface area contributed by atoms with Crippen LogP contribution in [0, 0.1) is 5.41 Å². The van der Waals surface area contributed by atoms with Crippen LogP contribution in [0.15, 0.2) is 11.1 Å². The number of hydrogen-bond acceptors (Lipinski definition) is 1. The Hall–Kier alpha value is -0.790. The highest BCUT2D eigenvalue weighted by Gasteiger charge is 2.41. The Morgan fingerprint density at radius 1 is 1.50 bits per heavy atom. The molecule has 1 N–H and O–H groups in total. The lowest BCUT2D eigenvalue weighted by molar-refractivity contribution is -0.145. The van der Waals surface area contributed by atoms with Gasteiger partial charge in [-0.1, -0.05) is 11.1 Å². The predicted molar refractivity (Wildman–Crippen MR) is 48.0 cm³/mol. The van der Waals surface area contributed by atoms with E-state index in [0.29, 0.717) is 0 Å². The lowest BCUT2D eigenvalue weighted by Gasteiger charge is -2.21. The van der Waals surface area contributed by atoms with E-state index < -0.39 is 11.4 Å². The molecule has 12 heavy (non-hydrogen) atoms. The lowest BCUT2D eigenvalue weighted by Crippen LogP contribution is -2.26. The lowest BCUT2D eigenvalue weighted by atomic mass is 9.82. The summed E-state index contributed by atoms with van der Waals surface area (Å²) >= 11 is 0. The van der Waals surface area contributed by atoms with Crippen LogP contribution in [0.5, 0.6) is 0 Å². The standard InChI is InChI=1S/C10H16O2/c1-7(2)8-5-4-6-10(8,3)9(11)12/h4-6H2,1-3H3,(H,11,12). The van der Waals surface area contributed by atoms with Gasteiger partial charge in [0.05, 0.1) is 5.41 Å². The van der Waals surface area contributed by atoms with Crippen molar-refractivity contribution in [1.29, 1.82) is 0 Å². The third-order valence-electron chi connectivity index (χ3n) is 2.85. The maximum Gasteiger partial charge on any atom is 0.313 e. The van der Waals surface area contributed by atoms with Crippen molar-refractivity contribution in [3.8, 4) is 0 Å². The van der Waals surface area contributed by atoms with E-state index >= 15 is 0 Å². The van der Waals surface area contributed by atoms with Gasteiger partial charge in [0.2, 0.25) is 0 Å². The van der Waals surface area contributed by atoms with Crippen LogP contribution in [0.2, 0.25) is 0 Å². The Balaban J connectivity index is 3.06. The zero-order chi connectivity index (χ0) is 9.35. The molecule has 68 valence electrons. The van der Waals surface area contributed by atoms with Gasteiger partial charge in [-0.15, -0.1) is 0 Å². The first kappa shape index (κ1) is 9.30. The molecule has 1 aliphatic carbocycles. The van der Waals surface area contributed by atoms with E-state index in [1.165, 1.54) is 5.57 Å². The van der Waals surface area contributed by atoms with Crippen LogP contribution in [0.25, 0.3) is 0 Å². The Morgan fingerprint density at radius 3 is 2.42 bits per heavy atom. The van der Waals surface area contributed by atoms with Crippen molar-refractivity contribution in [2.24, 2.45) is 5.41 Å². The summed E-state index contributed by atoms with van der Waals surface area (Å²) < 4.78 is 0. The van der Waals surface area contributed by atoms with Gasteiger partial charge >= 0.3 is 5.97 Å². The van der Waals surface area contributed by atoms with Crippen molar-refractivity contribution in [2.45, 2.75) is 40.0 Å². The maximum absolute atomic E-state index is 11.0. The topological polar surface area (TPSA) is 37.3 Å². The van der Waals surface area contributed by atoms with Crippen LogP contribution in [0.3, 0.4) is 0 Å². The van der Waals surface area contributed by atoms with Crippen molar-refractivity contribution < 1.29 is 9.90 Å². The zero-order valence-corrected chi connectivity index (χ0v) is 7.98. The second-order valence-corrected chi connectivity index (χ2v) is 3.97. The quantitative estimate of drug-likeness (QED) is 0.611. The number of carboxylic acid groups (broad SMARTS) is 1. The van der Waals surface area contributed by atoms with Gasteiger partial charge in [-0.3, -0.25) is 4.79 Å².